The first-order chi connectivity index (χ1) is 8.52. The highest BCUT2D eigenvalue weighted by molar-refractivity contribution is 5.77. The molecule has 0 bridgehead atoms. The van der Waals surface area contributed by atoms with Crippen LogP contribution in [0.4, 0.5) is 0 Å². The van der Waals surface area contributed by atoms with E-state index < -0.39 is 17.7 Å². The highest BCUT2D eigenvalue weighted by atomic mass is 16.7. The van der Waals surface area contributed by atoms with Gasteiger partial charge in [0.15, 0.2) is 0 Å². The van der Waals surface area contributed by atoms with Crippen molar-refractivity contribution in [1.82, 2.24) is 0 Å². The Hall–Kier alpha value is -1.14. The third kappa shape index (κ3) is 5.46. The lowest BCUT2D eigenvalue weighted by molar-refractivity contribution is -0.230. The number of unbranched alkanes of at least 4 members (excludes halogenated alkanes) is 3. The molecule has 106 valence electrons. The number of carboxylic acids is 1. The van der Waals surface area contributed by atoms with Crippen LogP contribution in [0.3, 0.4) is 0 Å². The Kier molecular flexibility index (Phi) is 8.32. The Morgan fingerprint density at radius 3 is 2.00 bits per heavy atom. The van der Waals surface area contributed by atoms with Crippen LogP contribution in [0, 0.1) is 0 Å². The van der Waals surface area contributed by atoms with Crippen molar-refractivity contribution >= 4 is 11.9 Å². The number of esters is 1. The fourth-order valence-corrected chi connectivity index (χ4v) is 1.70. The van der Waals surface area contributed by atoms with E-state index in [-0.39, 0.29) is 6.42 Å². The SMILES string of the molecule is COC(=O)C(CCCCCCC(=O)O)(OC)OC. The number of ether oxygens (including phenoxy) is 3. The predicted octanol–water partition coefficient (Wildman–Crippen LogP) is 1.57. The molecule has 0 fully saturated rings. The Bertz CT molecular complexity index is 259. The zero-order chi connectivity index (χ0) is 14.0. The van der Waals surface area contributed by atoms with E-state index in [2.05, 4.69) is 4.74 Å². The van der Waals surface area contributed by atoms with Gasteiger partial charge >= 0.3 is 11.9 Å². The highest BCUT2D eigenvalue weighted by Gasteiger charge is 2.39. The summed E-state index contributed by atoms with van der Waals surface area (Å²) in [6, 6.07) is 0. The van der Waals surface area contributed by atoms with Crippen molar-refractivity contribution in [2.75, 3.05) is 21.3 Å². The van der Waals surface area contributed by atoms with E-state index >= 15 is 0 Å². The Balaban J connectivity index is 3.98. The van der Waals surface area contributed by atoms with Crippen LogP contribution in [0.25, 0.3) is 0 Å². The zero-order valence-corrected chi connectivity index (χ0v) is 11.2. The lowest BCUT2D eigenvalue weighted by Gasteiger charge is -2.27. The first-order valence-corrected chi connectivity index (χ1v) is 5.93. The van der Waals surface area contributed by atoms with Gasteiger partial charge in [0.2, 0.25) is 0 Å². The standard InChI is InChI=1S/C12H22O6/c1-16-11(15)12(17-2,18-3)9-7-5-4-6-8-10(13)14/h4-9H2,1-3H3,(H,13,14). The van der Waals surface area contributed by atoms with E-state index in [1.165, 1.54) is 21.3 Å². The van der Waals surface area contributed by atoms with Crippen LogP contribution in [-0.4, -0.2) is 44.2 Å². The third-order valence-electron chi connectivity index (χ3n) is 2.80. The molecule has 6 nitrogen and oxygen atoms in total. The van der Waals surface area contributed by atoms with Crippen molar-refractivity contribution in [3.8, 4) is 0 Å². The quantitative estimate of drug-likeness (QED) is 0.365. The number of hydrogen-bond donors (Lipinski definition) is 1. The highest BCUT2D eigenvalue weighted by Crippen LogP contribution is 2.22. The molecule has 1 N–H and O–H groups in total. The number of carboxylic acid groups (broad SMARTS) is 1. The van der Waals surface area contributed by atoms with Crippen LogP contribution in [-0.2, 0) is 23.8 Å². The summed E-state index contributed by atoms with van der Waals surface area (Å²) in [7, 11) is 4.07. The van der Waals surface area contributed by atoms with Crippen LogP contribution in [0.15, 0.2) is 0 Å². The van der Waals surface area contributed by atoms with Gasteiger partial charge in [-0.25, -0.2) is 4.79 Å². The minimum absolute atomic E-state index is 0.177. The topological polar surface area (TPSA) is 82.1 Å². The molecule has 0 radical (unpaired) electrons. The van der Waals surface area contributed by atoms with Crippen LogP contribution in [0.5, 0.6) is 0 Å². The summed E-state index contributed by atoms with van der Waals surface area (Å²) in [6.45, 7) is 0. The molecule has 0 aliphatic heterocycles. The molecule has 0 saturated heterocycles. The predicted molar refractivity (Wildman–Crippen MR) is 64.1 cm³/mol. The molecule has 0 saturated carbocycles. The summed E-state index contributed by atoms with van der Waals surface area (Å²) in [6.07, 6.45) is 3.53. The van der Waals surface area contributed by atoms with E-state index in [0.717, 1.165) is 12.8 Å². The van der Waals surface area contributed by atoms with Crippen molar-refractivity contribution in [2.24, 2.45) is 0 Å². The Labute approximate surface area is 107 Å². The first kappa shape index (κ1) is 16.9. The largest absolute Gasteiger partial charge is 0.481 e. The van der Waals surface area contributed by atoms with Gasteiger partial charge in [-0.2, -0.15) is 0 Å². The molecule has 0 aliphatic rings. The maximum atomic E-state index is 11.6. The number of carbonyl (C=O) groups is 2. The molecular formula is C12H22O6. The zero-order valence-electron chi connectivity index (χ0n) is 11.2. The van der Waals surface area contributed by atoms with Gasteiger partial charge < -0.3 is 19.3 Å². The number of hydrogen-bond acceptors (Lipinski definition) is 5. The summed E-state index contributed by atoms with van der Waals surface area (Å²) in [4.78, 5) is 21.9. The molecule has 0 unspecified atom stereocenters. The normalized spacial score (nSPS) is 11.3. The maximum Gasteiger partial charge on any atom is 0.366 e. The van der Waals surface area contributed by atoms with Crippen molar-refractivity contribution in [3.05, 3.63) is 0 Å². The molecule has 0 aromatic heterocycles. The fourth-order valence-electron chi connectivity index (χ4n) is 1.70. The molecule has 0 aromatic carbocycles. The van der Waals surface area contributed by atoms with Gasteiger partial charge in [0.25, 0.3) is 5.79 Å². The monoisotopic (exact) mass is 262 g/mol. The second-order valence-electron chi connectivity index (χ2n) is 3.96. The second kappa shape index (κ2) is 8.88. The van der Waals surface area contributed by atoms with Gasteiger partial charge in [-0.3, -0.25) is 4.79 Å². The van der Waals surface area contributed by atoms with Crippen molar-refractivity contribution in [2.45, 2.75) is 44.3 Å². The smallest absolute Gasteiger partial charge is 0.366 e. The molecule has 18 heavy (non-hydrogen) atoms. The summed E-state index contributed by atoms with van der Waals surface area (Å²) in [5.74, 6) is -2.69. The molecule has 0 amide bonds. The van der Waals surface area contributed by atoms with Gasteiger partial charge in [-0.05, 0) is 12.8 Å². The number of rotatable bonds is 10. The average Bonchev–Trinajstić information content (AvgIpc) is 2.37. The lowest BCUT2D eigenvalue weighted by Crippen LogP contribution is -2.43. The van der Waals surface area contributed by atoms with Crippen molar-refractivity contribution in [3.63, 3.8) is 0 Å². The van der Waals surface area contributed by atoms with Crippen molar-refractivity contribution < 1.29 is 28.9 Å². The summed E-state index contributed by atoms with van der Waals surface area (Å²) < 4.78 is 14.8. The molecule has 0 heterocycles. The van der Waals surface area contributed by atoms with Gasteiger partial charge in [-0.1, -0.05) is 12.8 Å². The maximum absolute atomic E-state index is 11.6. The average molecular weight is 262 g/mol. The van der Waals surface area contributed by atoms with Crippen molar-refractivity contribution in [1.29, 1.82) is 0 Å². The van der Waals surface area contributed by atoms with Gasteiger partial charge in [-0.15, -0.1) is 0 Å². The minimum Gasteiger partial charge on any atom is -0.481 e. The molecule has 0 aromatic rings. The third-order valence-corrected chi connectivity index (χ3v) is 2.80. The van der Waals surface area contributed by atoms with Gasteiger partial charge in [0.05, 0.1) is 7.11 Å². The molecule has 6 heteroatoms. The van der Waals surface area contributed by atoms with Crippen LogP contribution < -0.4 is 0 Å². The van der Waals surface area contributed by atoms with E-state index in [1.807, 2.05) is 0 Å². The fraction of sp³-hybridized carbons (Fsp3) is 0.833. The number of aliphatic carboxylic acids is 1. The summed E-state index contributed by atoms with van der Waals surface area (Å²) in [5, 5.41) is 8.48. The van der Waals surface area contributed by atoms with E-state index in [1.54, 1.807) is 0 Å². The summed E-state index contributed by atoms with van der Waals surface area (Å²) in [5.41, 5.74) is 0. The molecule has 0 spiro atoms. The number of carbonyl (C=O) groups excluding carboxylic acids is 1. The first-order valence-electron chi connectivity index (χ1n) is 5.93. The Morgan fingerprint density at radius 2 is 1.56 bits per heavy atom. The second-order valence-corrected chi connectivity index (χ2v) is 3.96. The van der Waals surface area contributed by atoms with Crippen LogP contribution in [0.2, 0.25) is 0 Å². The lowest BCUT2D eigenvalue weighted by atomic mass is 10.1. The molecule has 0 rings (SSSR count). The van der Waals surface area contributed by atoms with E-state index in [0.29, 0.717) is 19.3 Å². The Morgan fingerprint density at radius 1 is 1.00 bits per heavy atom. The van der Waals surface area contributed by atoms with Gasteiger partial charge in [0, 0.05) is 27.1 Å². The van der Waals surface area contributed by atoms with E-state index in [9.17, 15) is 9.59 Å². The molecule has 0 aliphatic carbocycles. The molecular weight excluding hydrogens is 240 g/mol. The molecule has 0 atom stereocenters. The minimum atomic E-state index is -1.35. The van der Waals surface area contributed by atoms with Crippen LogP contribution in [0.1, 0.15) is 38.5 Å². The van der Waals surface area contributed by atoms with Crippen LogP contribution >= 0.6 is 0 Å². The number of methoxy groups -OCH3 is 3. The van der Waals surface area contributed by atoms with Gasteiger partial charge in [0.1, 0.15) is 0 Å². The summed E-state index contributed by atoms with van der Waals surface area (Å²) >= 11 is 0. The van der Waals surface area contributed by atoms with E-state index in [4.69, 9.17) is 14.6 Å².